The average Bonchev–Trinajstić information content (AvgIpc) is 2.73. The van der Waals surface area contributed by atoms with Crippen LogP contribution in [0.3, 0.4) is 0 Å². The third-order valence-corrected chi connectivity index (χ3v) is 5.70. The molecule has 4 rings (SSSR count). The van der Waals surface area contributed by atoms with Crippen molar-refractivity contribution in [2.45, 2.75) is 37.6 Å². The van der Waals surface area contributed by atoms with Crippen molar-refractivity contribution in [3.8, 4) is 5.69 Å². The van der Waals surface area contributed by atoms with Crippen molar-refractivity contribution in [3.63, 3.8) is 0 Å². The van der Waals surface area contributed by atoms with Crippen LogP contribution in [0.5, 0.6) is 0 Å². The predicted octanol–water partition coefficient (Wildman–Crippen LogP) is 4.33. The summed E-state index contributed by atoms with van der Waals surface area (Å²) in [6.45, 7) is 3.37. The number of hydrogen-bond donors (Lipinski definition) is 0. The van der Waals surface area contributed by atoms with Crippen LogP contribution in [-0.2, 0) is 9.47 Å². The first-order valence-corrected chi connectivity index (χ1v) is 10.7. The summed E-state index contributed by atoms with van der Waals surface area (Å²) in [5, 5.41) is 1.31. The van der Waals surface area contributed by atoms with Crippen molar-refractivity contribution < 1.29 is 9.47 Å². The van der Waals surface area contributed by atoms with Gasteiger partial charge < -0.3 is 9.47 Å². The van der Waals surface area contributed by atoms with Crippen molar-refractivity contribution in [3.05, 3.63) is 64.4 Å². The average molecular weight is 397 g/mol. The van der Waals surface area contributed by atoms with E-state index in [9.17, 15) is 4.79 Å². The lowest BCUT2D eigenvalue weighted by Gasteiger charge is -2.22. The number of fused-ring (bicyclic) bond motifs is 1. The Bertz CT molecular complexity index is 995. The summed E-state index contributed by atoms with van der Waals surface area (Å²) in [4.78, 5) is 17.9. The fourth-order valence-corrected chi connectivity index (χ4v) is 4.13. The highest BCUT2D eigenvalue weighted by atomic mass is 32.2. The molecule has 2 aromatic carbocycles. The fourth-order valence-electron chi connectivity index (χ4n) is 3.29. The van der Waals surface area contributed by atoms with Gasteiger partial charge in [-0.05, 0) is 50.5 Å². The second kappa shape index (κ2) is 8.90. The molecule has 0 N–H and O–H groups in total. The molecule has 1 atom stereocenters. The van der Waals surface area contributed by atoms with E-state index in [0.29, 0.717) is 22.9 Å². The number of aryl methyl sites for hydroxylation is 1. The lowest BCUT2D eigenvalue weighted by molar-refractivity contribution is -0.158. The normalized spacial score (nSPS) is 17.1. The third-order valence-electron chi connectivity index (χ3n) is 4.79. The van der Waals surface area contributed by atoms with Crippen molar-refractivity contribution in [2.24, 2.45) is 0 Å². The Kier molecular flexibility index (Phi) is 6.10. The second-order valence-electron chi connectivity index (χ2n) is 6.90. The highest BCUT2D eigenvalue weighted by Crippen LogP contribution is 2.22. The van der Waals surface area contributed by atoms with Crippen LogP contribution < -0.4 is 5.56 Å². The molecule has 1 aliphatic rings. The molecule has 1 aliphatic heterocycles. The standard InChI is InChI=1S/C22H24N2O3S/c1-16-9-11-17(12-10-16)24-21(25)18-6-2-3-7-19(18)23-22(24)28-15-14-27-20-8-4-5-13-26-20/h2-3,6-7,9-12,20H,4-5,8,13-15H2,1H3. The van der Waals surface area contributed by atoms with Gasteiger partial charge in [0.1, 0.15) is 0 Å². The van der Waals surface area contributed by atoms with E-state index in [0.717, 1.165) is 42.6 Å². The number of nitrogens with zero attached hydrogens (tertiary/aromatic N) is 2. The summed E-state index contributed by atoms with van der Waals surface area (Å²) < 4.78 is 13.1. The molecule has 1 fully saturated rings. The van der Waals surface area contributed by atoms with Crippen molar-refractivity contribution in [1.29, 1.82) is 0 Å². The van der Waals surface area contributed by atoms with Gasteiger partial charge in [0, 0.05) is 12.4 Å². The number of ether oxygens (including phenoxy) is 2. The molecule has 6 heteroatoms. The number of benzene rings is 2. The molecular weight excluding hydrogens is 372 g/mol. The van der Waals surface area contributed by atoms with E-state index >= 15 is 0 Å². The minimum atomic E-state index is -0.0989. The van der Waals surface area contributed by atoms with Crippen LogP contribution in [0.1, 0.15) is 24.8 Å². The molecule has 0 spiro atoms. The molecule has 1 aromatic heterocycles. The highest BCUT2D eigenvalue weighted by Gasteiger charge is 2.15. The van der Waals surface area contributed by atoms with Gasteiger partial charge in [0.25, 0.3) is 5.56 Å². The Hall–Kier alpha value is -2.15. The van der Waals surface area contributed by atoms with Crippen molar-refractivity contribution >= 4 is 22.7 Å². The van der Waals surface area contributed by atoms with Crippen molar-refractivity contribution in [2.75, 3.05) is 19.0 Å². The molecule has 5 nitrogen and oxygen atoms in total. The van der Waals surface area contributed by atoms with E-state index in [1.165, 1.54) is 11.8 Å². The summed E-state index contributed by atoms with van der Waals surface area (Å²) in [6.07, 6.45) is 3.11. The Balaban J connectivity index is 1.59. The van der Waals surface area contributed by atoms with Gasteiger partial charge in [-0.2, -0.15) is 0 Å². The third kappa shape index (κ3) is 4.29. The highest BCUT2D eigenvalue weighted by molar-refractivity contribution is 7.99. The Morgan fingerprint density at radius 3 is 2.79 bits per heavy atom. The Morgan fingerprint density at radius 1 is 1.18 bits per heavy atom. The Labute approximate surface area is 168 Å². The first kappa shape index (κ1) is 19.2. The molecule has 3 aromatic rings. The number of para-hydroxylation sites is 1. The predicted molar refractivity (Wildman–Crippen MR) is 112 cm³/mol. The summed E-state index contributed by atoms with van der Waals surface area (Å²) in [5.41, 5.74) is 2.65. The molecule has 146 valence electrons. The quantitative estimate of drug-likeness (QED) is 0.353. The van der Waals surface area contributed by atoms with Crippen LogP contribution in [-0.4, -0.2) is 34.8 Å². The molecule has 0 amide bonds. The molecule has 2 heterocycles. The van der Waals surface area contributed by atoms with Gasteiger partial charge in [-0.3, -0.25) is 9.36 Å². The largest absolute Gasteiger partial charge is 0.353 e. The van der Waals surface area contributed by atoms with E-state index < -0.39 is 0 Å². The van der Waals surface area contributed by atoms with Gasteiger partial charge in [-0.1, -0.05) is 41.6 Å². The van der Waals surface area contributed by atoms with Crippen LogP contribution >= 0.6 is 11.8 Å². The first-order chi connectivity index (χ1) is 13.7. The van der Waals surface area contributed by atoms with E-state index in [1.807, 2.05) is 55.5 Å². The number of rotatable bonds is 6. The zero-order chi connectivity index (χ0) is 19.3. The van der Waals surface area contributed by atoms with Crippen LogP contribution in [0.2, 0.25) is 0 Å². The number of hydrogen-bond acceptors (Lipinski definition) is 5. The van der Waals surface area contributed by atoms with E-state index in [4.69, 9.17) is 14.5 Å². The van der Waals surface area contributed by atoms with E-state index in [2.05, 4.69) is 0 Å². The van der Waals surface area contributed by atoms with Crippen molar-refractivity contribution in [1.82, 2.24) is 9.55 Å². The van der Waals surface area contributed by atoms with Gasteiger partial charge in [0.05, 0.1) is 23.2 Å². The van der Waals surface area contributed by atoms with Gasteiger partial charge in [-0.25, -0.2) is 4.98 Å². The summed E-state index contributed by atoms with van der Waals surface area (Å²) in [5.74, 6) is 0.705. The minimum absolute atomic E-state index is 0.0477. The fraction of sp³-hybridized carbons (Fsp3) is 0.364. The first-order valence-electron chi connectivity index (χ1n) is 9.67. The van der Waals surface area contributed by atoms with Gasteiger partial charge in [-0.15, -0.1) is 0 Å². The molecule has 0 radical (unpaired) electrons. The maximum atomic E-state index is 13.2. The monoisotopic (exact) mass is 396 g/mol. The Morgan fingerprint density at radius 2 is 2.00 bits per heavy atom. The van der Waals surface area contributed by atoms with E-state index in [-0.39, 0.29) is 11.8 Å². The minimum Gasteiger partial charge on any atom is -0.353 e. The zero-order valence-electron chi connectivity index (χ0n) is 16.0. The van der Waals surface area contributed by atoms with Crippen LogP contribution in [0.25, 0.3) is 16.6 Å². The molecule has 0 saturated carbocycles. The summed E-state index contributed by atoms with van der Waals surface area (Å²) in [6, 6.07) is 15.4. The van der Waals surface area contributed by atoms with Gasteiger partial charge in [0.2, 0.25) is 0 Å². The molecule has 1 unspecified atom stereocenters. The molecular formula is C22H24N2O3S. The lowest BCUT2D eigenvalue weighted by atomic mass is 10.2. The maximum absolute atomic E-state index is 13.2. The smallest absolute Gasteiger partial charge is 0.266 e. The molecule has 28 heavy (non-hydrogen) atoms. The molecule has 1 saturated heterocycles. The van der Waals surface area contributed by atoms with Crippen LogP contribution in [0, 0.1) is 6.92 Å². The zero-order valence-corrected chi connectivity index (χ0v) is 16.8. The number of thioether (sulfide) groups is 1. The second-order valence-corrected chi connectivity index (χ2v) is 7.97. The summed E-state index contributed by atoms with van der Waals surface area (Å²) >= 11 is 1.53. The molecule has 0 bridgehead atoms. The molecule has 0 aliphatic carbocycles. The SMILES string of the molecule is Cc1ccc(-n2c(SCCOC3CCCCO3)nc3ccccc3c2=O)cc1. The van der Waals surface area contributed by atoms with Gasteiger partial charge in [0.15, 0.2) is 11.4 Å². The van der Waals surface area contributed by atoms with Crippen LogP contribution in [0.15, 0.2) is 58.5 Å². The maximum Gasteiger partial charge on any atom is 0.266 e. The van der Waals surface area contributed by atoms with Gasteiger partial charge >= 0.3 is 0 Å². The van der Waals surface area contributed by atoms with Crippen LogP contribution in [0.4, 0.5) is 0 Å². The lowest BCUT2D eigenvalue weighted by Crippen LogP contribution is -2.24. The topological polar surface area (TPSA) is 53.4 Å². The van der Waals surface area contributed by atoms with E-state index in [1.54, 1.807) is 4.57 Å². The summed E-state index contributed by atoms with van der Waals surface area (Å²) in [7, 11) is 0. The number of aromatic nitrogens is 2.